The Balaban J connectivity index is 2.71. The Morgan fingerprint density at radius 2 is 1.89 bits per heavy atom. The molecule has 0 radical (unpaired) electrons. The van der Waals surface area contributed by atoms with E-state index in [9.17, 15) is 4.39 Å². The highest BCUT2D eigenvalue weighted by Gasteiger charge is 2.15. The van der Waals surface area contributed by atoms with E-state index in [-0.39, 0.29) is 5.82 Å². The smallest absolute Gasteiger partial charge is 0.133 e. The quantitative estimate of drug-likeness (QED) is 0.637. The van der Waals surface area contributed by atoms with E-state index in [0.717, 1.165) is 8.95 Å². The molecule has 0 saturated carbocycles. The molecule has 0 saturated heterocycles. The van der Waals surface area contributed by atoms with E-state index in [2.05, 4.69) is 31.9 Å². The second-order valence-corrected chi connectivity index (χ2v) is 5.68. The molecule has 2 aromatic carbocycles. The van der Waals surface area contributed by atoms with E-state index in [1.54, 1.807) is 31.4 Å². The minimum absolute atomic E-state index is 0.358. The Morgan fingerprint density at radius 1 is 1.17 bits per heavy atom. The molecule has 0 heterocycles. The van der Waals surface area contributed by atoms with Gasteiger partial charge in [0.15, 0.2) is 0 Å². The Bertz CT molecular complexity index is 582. The zero-order valence-electron chi connectivity index (χ0n) is 9.31. The van der Waals surface area contributed by atoms with Gasteiger partial charge in [-0.25, -0.2) is 4.39 Å². The van der Waals surface area contributed by atoms with Gasteiger partial charge in [0.1, 0.15) is 11.6 Å². The molecule has 0 atom stereocenters. The summed E-state index contributed by atoms with van der Waals surface area (Å²) in [5.41, 5.74) is 1.01. The fourth-order valence-electron chi connectivity index (χ4n) is 1.63. The first-order valence-electron chi connectivity index (χ1n) is 5.02. The van der Waals surface area contributed by atoms with Crippen LogP contribution < -0.4 is 4.74 Å². The molecular formula is C13H8Br2ClFO. The van der Waals surface area contributed by atoms with Crippen LogP contribution in [-0.4, -0.2) is 7.11 Å². The Morgan fingerprint density at radius 3 is 2.50 bits per heavy atom. The van der Waals surface area contributed by atoms with Crippen molar-refractivity contribution in [2.24, 2.45) is 0 Å². The number of hydrogen-bond acceptors (Lipinski definition) is 1. The summed E-state index contributed by atoms with van der Waals surface area (Å²) in [6, 6.07) is 8.14. The van der Waals surface area contributed by atoms with E-state index in [0.29, 0.717) is 21.9 Å². The van der Waals surface area contributed by atoms with E-state index < -0.39 is 0 Å². The summed E-state index contributed by atoms with van der Waals surface area (Å²) in [6.45, 7) is 0. The van der Waals surface area contributed by atoms with Crippen LogP contribution in [0.15, 0.2) is 39.3 Å². The highest BCUT2D eigenvalue weighted by atomic mass is 79.9. The third-order valence-electron chi connectivity index (χ3n) is 2.47. The lowest BCUT2D eigenvalue weighted by atomic mass is 10.0. The summed E-state index contributed by atoms with van der Waals surface area (Å²) in [7, 11) is 1.56. The van der Waals surface area contributed by atoms with Crippen molar-refractivity contribution in [3.05, 3.63) is 50.1 Å². The van der Waals surface area contributed by atoms with Crippen LogP contribution in [-0.2, 0) is 0 Å². The molecule has 0 aliphatic rings. The van der Waals surface area contributed by atoms with Crippen molar-refractivity contribution >= 4 is 43.5 Å². The molecule has 2 aromatic rings. The predicted octanol–water partition coefficient (Wildman–Crippen LogP) is 5.68. The third kappa shape index (κ3) is 2.56. The Hall–Kier alpha value is -0.580. The molecule has 5 heteroatoms. The Kier molecular flexibility index (Phi) is 4.30. The van der Waals surface area contributed by atoms with Gasteiger partial charge in [-0.15, -0.1) is 0 Å². The highest BCUT2D eigenvalue weighted by molar-refractivity contribution is 9.11. The van der Waals surface area contributed by atoms with Crippen molar-refractivity contribution in [3.8, 4) is 16.9 Å². The highest BCUT2D eigenvalue weighted by Crippen LogP contribution is 2.40. The molecule has 94 valence electrons. The van der Waals surface area contributed by atoms with Crippen LogP contribution in [0.1, 0.15) is 0 Å². The SMILES string of the molecule is COc1cc(-c2c(F)cccc2Cl)c(Br)cc1Br. The molecule has 0 unspecified atom stereocenters. The number of ether oxygens (including phenoxy) is 1. The van der Waals surface area contributed by atoms with Crippen molar-refractivity contribution in [2.45, 2.75) is 0 Å². The first kappa shape index (κ1) is 13.8. The number of hydrogen-bond donors (Lipinski definition) is 0. The second-order valence-electron chi connectivity index (χ2n) is 3.56. The minimum atomic E-state index is -0.368. The van der Waals surface area contributed by atoms with E-state index in [4.69, 9.17) is 16.3 Å². The maximum absolute atomic E-state index is 13.9. The molecule has 0 aliphatic heterocycles. The number of benzene rings is 2. The monoisotopic (exact) mass is 392 g/mol. The molecule has 0 spiro atoms. The third-order valence-corrected chi connectivity index (χ3v) is 4.06. The first-order chi connectivity index (χ1) is 8.54. The van der Waals surface area contributed by atoms with Gasteiger partial charge in [0.25, 0.3) is 0 Å². The zero-order chi connectivity index (χ0) is 13.3. The fourth-order valence-corrected chi connectivity index (χ4v) is 3.25. The summed E-state index contributed by atoms with van der Waals surface area (Å²) in [5, 5.41) is 0.361. The lowest BCUT2D eigenvalue weighted by Gasteiger charge is -2.11. The molecule has 2 rings (SSSR count). The maximum Gasteiger partial charge on any atom is 0.133 e. The van der Waals surface area contributed by atoms with Gasteiger partial charge in [-0.3, -0.25) is 0 Å². The zero-order valence-corrected chi connectivity index (χ0v) is 13.2. The fraction of sp³-hybridized carbons (Fsp3) is 0.0769. The maximum atomic E-state index is 13.9. The molecule has 0 amide bonds. The number of rotatable bonds is 2. The van der Waals surface area contributed by atoms with Crippen LogP contribution >= 0.6 is 43.5 Å². The summed E-state index contributed by atoms with van der Waals surface area (Å²) in [6.07, 6.45) is 0. The van der Waals surface area contributed by atoms with Crippen molar-refractivity contribution < 1.29 is 9.13 Å². The predicted molar refractivity (Wildman–Crippen MR) is 78.8 cm³/mol. The molecule has 0 aliphatic carbocycles. The molecule has 0 aromatic heterocycles. The van der Waals surface area contributed by atoms with Crippen LogP contribution in [0.3, 0.4) is 0 Å². The van der Waals surface area contributed by atoms with Gasteiger partial charge in [-0.1, -0.05) is 33.6 Å². The van der Waals surface area contributed by atoms with Gasteiger partial charge in [0.05, 0.1) is 16.6 Å². The number of halogens is 4. The summed E-state index contributed by atoms with van der Waals surface area (Å²) >= 11 is 12.8. The largest absolute Gasteiger partial charge is 0.496 e. The van der Waals surface area contributed by atoms with Gasteiger partial charge in [-0.2, -0.15) is 0 Å². The molecular weight excluding hydrogens is 386 g/mol. The average Bonchev–Trinajstić information content (AvgIpc) is 2.31. The topological polar surface area (TPSA) is 9.23 Å². The van der Waals surface area contributed by atoms with Gasteiger partial charge in [0.2, 0.25) is 0 Å². The van der Waals surface area contributed by atoms with Gasteiger partial charge >= 0.3 is 0 Å². The van der Waals surface area contributed by atoms with Crippen molar-refractivity contribution in [3.63, 3.8) is 0 Å². The van der Waals surface area contributed by atoms with Crippen LogP contribution in [0, 0.1) is 5.82 Å². The normalized spacial score (nSPS) is 10.5. The van der Waals surface area contributed by atoms with E-state index in [1.165, 1.54) is 6.07 Å². The summed E-state index contributed by atoms with van der Waals surface area (Å²) in [4.78, 5) is 0. The van der Waals surface area contributed by atoms with Crippen molar-refractivity contribution in [2.75, 3.05) is 7.11 Å². The van der Waals surface area contributed by atoms with Gasteiger partial charge in [0, 0.05) is 15.6 Å². The van der Waals surface area contributed by atoms with Crippen LogP contribution in [0.25, 0.3) is 11.1 Å². The van der Waals surface area contributed by atoms with Crippen molar-refractivity contribution in [1.29, 1.82) is 0 Å². The lowest BCUT2D eigenvalue weighted by molar-refractivity contribution is 0.412. The molecule has 1 nitrogen and oxygen atoms in total. The molecule has 0 fully saturated rings. The second kappa shape index (κ2) is 5.59. The van der Waals surface area contributed by atoms with E-state index >= 15 is 0 Å². The minimum Gasteiger partial charge on any atom is -0.496 e. The summed E-state index contributed by atoms with van der Waals surface area (Å²) < 4.78 is 20.6. The average molecular weight is 394 g/mol. The van der Waals surface area contributed by atoms with Crippen molar-refractivity contribution in [1.82, 2.24) is 0 Å². The first-order valence-corrected chi connectivity index (χ1v) is 6.98. The van der Waals surface area contributed by atoms with E-state index in [1.807, 2.05) is 0 Å². The molecule has 18 heavy (non-hydrogen) atoms. The molecule has 0 N–H and O–H groups in total. The van der Waals surface area contributed by atoms with Gasteiger partial charge in [-0.05, 0) is 40.2 Å². The van der Waals surface area contributed by atoms with Crippen LogP contribution in [0.4, 0.5) is 4.39 Å². The lowest BCUT2D eigenvalue weighted by Crippen LogP contribution is -1.91. The van der Waals surface area contributed by atoms with Gasteiger partial charge < -0.3 is 4.74 Å². The van der Waals surface area contributed by atoms with Crippen LogP contribution in [0.2, 0.25) is 5.02 Å². The number of methoxy groups -OCH3 is 1. The summed E-state index contributed by atoms with van der Waals surface area (Å²) in [5.74, 6) is 0.250. The van der Waals surface area contributed by atoms with Crippen LogP contribution in [0.5, 0.6) is 5.75 Å². The molecule has 0 bridgehead atoms. The standard InChI is InChI=1S/C13H8Br2ClFO/c1-18-12-5-7(8(14)6-9(12)15)13-10(16)3-2-4-11(13)17/h2-6H,1H3. The Labute approximate surface area is 126 Å².